The van der Waals surface area contributed by atoms with Gasteiger partial charge in [0.2, 0.25) is 0 Å². The highest BCUT2D eigenvalue weighted by atomic mass is 16.3. The van der Waals surface area contributed by atoms with E-state index in [0.717, 1.165) is 24.8 Å². The first kappa shape index (κ1) is 13.5. The SMILES string of the molecule is CCCCC(c1ccccc1)c1c(O)cccc1O. The molecule has 2 N–H and O–H groups in total. The van der Waals surface area contributed by atoms with E-state index in [9.17, 15) is 10.2 Å². The molecular weight excluding hydrogens is 236 g/mol. The average molecular weight is 256 g/mol. The summed E-state index contributed by atoms with van der Waals surface area (Å²) in [6.45, 7) is 2.15. The van der Waals surface area contributed by atoms with Crippen molar-refractivity contribution < 1.29 is 10.2 Å². The van der Waals surface area contributed by atoms with Crippen molar-refractivity contribution in [2.45, 2.75) is 32.1 Å². The zero-order valence-electron chi connectivity index (χ0n) is 11.2. The summed E-state index contributed by atoms with van der Waals surface area (Å²) in [5.41, 5.74) is 1.77. The number of unbranched alkanes of at least 4 members (excludes halogenated alkanes) is 1. The van der Waals surface area contributed by atoms with Crippen LogP contribution in [0, 0.1) is 0 Å². The van der Waals surface area contributed by atoms with E-state index >= 15 is 0 Å². The first-order chi connectivity index (χ1) is 9.24. The number of aromatic hydroxyl groups is 2. The van der Waals surface area contributed by atoms with E-state index in [1.54, 1.807) is 18.2 Å². The van der Waals surface area contributed by atoms with Gasteiger partial charge >= 0.3 is 0 Å². The molecule has 0 aliphatic heterocycles. The Hall–Kier alpha value is -1.96. The van der Waals surface area contributed by atoms with Crippen LogP contribution in [0.1, 0.15) is 43.2 Å². The highest BCUT2D eigenvalue weighted by molar-refractivity contribution is 5.49. The number of phenols is 2. The van der Waals surface area contributed by atoms with Gasteiger partial charge in [-0.15, -0.1) is 0 Å². The van der Waals surface area contributed by atoms with Gasteiger partial charge < -0.3 is 10.2 Å². The average Bonchev–Trinajstić information content (AvgIpc) is 2.43. The zero-order valence-corrected chi connectivity index (χ0v) is 11.2. The van der Waals surface area contributed by atoms with Crippen LogP contribution in [-0.4, -0.2) is 10.2 Å². The standard InChI is InChI=1S/C17H20O2/c1-2-3-10-14(13-8-5-4-6-9-13)17-15(18)11-7-12-16(17)19/h4-9,11-12,14,18-19H,2-3,10H2,1H3. The van der Waals surface area contributed by atoms with E-state index in [2.05, 4.69) is 6.92 Å². The van der Waals surface area contributed by atoms with E-state index in [-0.39, 0.29) is 17.4 Å². The molecule has 2 heteroatoms. The lowest BCUT2D eigenvalue weighted by Gasteiger charge is -2.20. The van der Waals surface area contributed by atoms with Crippen molar-refractivity contribution in [3.8, 4) is 11.5 Å². The maximum Gasteiger partial charge on any atom is 0.123 e. The lowest BCUT2D eigenvalue weighted by Crippen LogP contribution is -2.02. The summed E-state index contributed by atoms with van der Waals surface area (Å²) in [4.78, 5) is 0. The smallest absolute Gasteiger partial charge is 0.123 e. The molecule has 0 saturated heterocycles. The summed E-state index contributed by atoms with van der Waals surface area (Å²) < 4.78 is 0. The quantitative estimate of drug-likeness (QED) is 0.831. The Morgan fingerprint density at radius 1 is 0.895 bits per heavy atom. The number of hydrogen-bond acceptors (Lipinski definition) is 2. The van der Waals surface area contributed by atoms with Crippen molar-refractivity contribution in [1.82, 2.24) is 0 Å². The van der Waals surface area contributed by atoms with E-state index in [4.69, 9.17) is 0 Å². The molecule has 0 fully saturated rings. The molecule has 2 nitrogen and oxygen atoms in total. The highest BCUT2D eigenvalue weighted by Gasteiger charge is 2.20. The highest BCUT2D eigenvalue weighted by Crippen LogP contribution is 2.40. The Labute approximate surface area is 114 Å². The van der Waals surface area contributed by atoms with Gasteiger partial charge in [0, 0.05) is 11.5 Å². The van der Waals surface area contributed by atoms with Crippen LogP contribution in [0.25, 0.3) is 0 Å². The molecule has 0 amide bonds. The molecule has 1 atom stereocenters. The summed E-state index contributed by atoms with van der Waals surface area (Å²) in [7, 11) is 0. The monoisotopic (exact) mass is 256 g/mol. The molecule has 0 bridgehead atoms. The van der Waals surface area contributed by atoms with Crippen molar-refractivity contribution in [2.24, 2.45) is 0 Å². The topological polar surface area (TPSA) is 40.5 Å². The Balaban J connectivity index is 2.43. The molecule has 2 rings (SSSR count). The van der Waals surface area contributed by atoms with Gasteiger partial charge in [-0.05, 0) is 24.1 Å². The van der Waals surface area contributed by atoms with Gasteiger partial charge in [-0.2, -0.15) is 0 Å². The summed E-state index contributed by atoms with van der Waals surface area (Å²) in [5.74, 6) is 0.386. The molecule has 19 heavy (non-hydrogen) atoms. The second kappa shape index (κ2) is 6.28. The van der Waals surface area contributed by atoms with Crippen LogP contribution < -0.4 is 0 Å². The molecule has 0 spiro atoms. The van der Waals surface area contributed by atoms with Crippen LogP contribution in [0.15, 0.2) is 48.5 Å². The number of benzene rings is 2. The predicted octanol–water partition coefficient (Wildman–Crippen LogP) is 4.42. The minimum absolute atomic E-state index is 0.0438. The fourth-order valence-corrected chi connectivity index (χ4v) is 2.47. The van der Waals surface area contributed by atoms with E-state index in [1.807, 2.05) is 30.3 Å². The van der Waals surface area contributed by atoms with Crippen molar-refractivity contribution >= 4 is 0 Å². The van der Waals surface area contributed by atoms with Crippen molar-refractivity contribution in [2.75, 3.05) is 0 Å². The maximum atomic E-state index is 10.1. The molecule has 1 unspecified atom stereocenters. The normalized spacial score (nSPS) is 12.3. The Bertz CT molecular complexity index is 500. The van der Waals surface area contributed by atoms with Crippen molar-refractivity contribution in [3.05, 3.63) is 59.7 Å². The molecule has 0 aromatic heterocycles. The molecule has 0 heterocycles. The predicted molar refractivity (Wildman–Crippen MR) is 77.6 cm³/mol. The Kier molecular flexibility index (Phi) is 4.45. The van der Waals surface area contributed by atoms with Gasteiger partial charge in [0.05, 0.1) is 0 Å². The molecule has 0 saturated carbocycles. The molecule has 2 aromatic carbocycles. The summed E-state index contributed by atoms with van der Waals surface area (Å²) in [5, 5.41) is 20.1. The lowest BCUT2D eigenvalue weighted by atomic mass is 9.86. The largest absolute Gasteiger partial charge is 0.508 e. The van der Waals surface area contributed by atoms with Crippen molar-refractivity contribution in [3.63, 3.8) is 0 Å². The second-order valence-corrected chi connectivity index (χ2v) is 4.82. The second-order valence-electron chi connectivity index (χ2n) is 4.82. The minimum Gasteiger partial charge on any atom is -0.508 e. The van der Waals surface area contributed by atoms with Crippen LogP contribution in [0.5, 0.6) is 11.5 Å². The van der Waals surface area contributed by atoms with Gasteiger partial charge in [-0.25, -0.2) is 0 Å². The summed E-state index contributed by atoms with van der Waals surface area (Å²) >= 11 is 0. The number of hydrogen-bond donors (Lipinski definition) is 2. The van der Waals surface area contributed by atoms with Gasteiger partial charge in [0.1, 0.15) is 11.5 Å². The number of phenolic OH excluding ortho intramolecular Hbond substituents is 2. The van der Waals surface area contributed by atoms with Crippen LogP contribution in [-0.2, 0) is 0 Å². The molecular formula is C17H20O2. The Morgan fingerprint density at radius 2 is 1.53 bits per heavy atom. The van der Waals surface area contributed by atoms with Gasteiger partial charge in [-0.1, -0.05) is 56.2 Å². The minimum atomic E-state index is 0.0438. The first-order valence-electron chi connectivity index (χ1n) is 6.79. The molecule has 0 aliphatic carbocycles. The third-order valence-corrected chi connectivity index (χ3v) is 3.46. The Morgan fingerprint density at radius 3 is 2.11 bits per heavy atom. The summed E-state index contributed by atoms with van der Waals surface area (Å²) in [6, 6.07) is 15.0. The first-order valence-corrected chi connectivity index (χ1v) is 6.79. The van der Waals surface area contributed by atoms with E-state index < -0.39 is 0 Å². The third-order valence-electron chi connectivity index (χ3n) is 3.46. The number of rotatable bonds is 5. The maximum absolute atomic E-state index is 10.1. The fraction of sp³-hybridized carbons (Fsp3) is 0.294. The van der Waals surface area contributed by atoms with Crippen LogP contribution in [0.4, 0.5) is 0 Å². The fourth-order valence-electron chi connectivity index (χ4n) is 2.47. The molecule has 0 aliphatic rings. The van der Waals surface area contributed by atoms with E-state index in [1.165, 1.54) is 0 Å². The molecule has 2 aromatic rings. The van der Waals surface area contributed by atoms with Gasteiger partial charge in [0.15, 0.2) is 0 Å². The van der Waals surface area contributed by atoms with Crippen molar-refractivity contribution in [1.29, 1.82) is 0 Å². The van der Waals surface area contributed by atoms with Crippen LogP contribution >= 0.6 is 0 Å². The lowest BCUT2D eigenvalue weighted by molar-refractivity contribution is 0.429. The summed E-state index contributed by atoms with van der Waals surface area (Å²) in [6.07, 6.45) is 3.08. The van der Waals surface area contributed by atoms with Gasteiger partial charge in [0.25, 0.3) is 0 Å². The zero-order chi connectivity index (χ0) is 13.7. The van der Waals surface area contributed by atoms with Crippen LogP contribution in [0.2, 0.25) is 0 Å². The van der Waals surface area contributed by atoms with E-state index in [0.29, 0.717) is 5.56 Å². The molecule has 0 radical (unpaired) electrons. The van der Waals surface area contributed by atoms with Crippen LogP contribution in [0.3, 0.4) is 0 Å². The molecule has 100 valence electrons. The van der Waals surface area contributed by atoms with Gasteiger partial charge in [-0.3, -0.25) is 0 Å². The third kappa shape index (κ3) is 3.08.